The summed E-state index contributed by atoms with van der Waals surface area (Å²) in [4.78, 5) is 10.5. The predicted octanol–water partition coefficient (Wildman–Crippen LogP) is 3.47. The summed E-state index contributed by atoms with van der Waals surface area (Å²) >= 11 is 0. The lowest BCUT2D eigenvalue weighted by Crippen LogP contribution is -1.97. The molecule has 2 rings (SSSR count). The Bertz CT molecular complexity index is 552. The van der Waals surface area contributed by atoms with Gasteiger partial charge in [0, 0.05) is 6.07 Å². The first-order valence-electron chi connectivity index (χ1n) is 5.48. The van der Waals surface area contributed by atoms with Gasteiger partial charge in [-0.1, -0.05) is 36.4 Å². The van der Waals surface area contributed by atoms with E-state index < -0.39 is 4.92 Å². The third kappa shape index (κ3) is 2.48. The SMILES string of the molecule is [CH2]COc1ccc(-c2ccccc2)cc1[N+](=O)[O-]. The van der Waals surface area contributed by atoms with Gasteiger partial charge in [0.1, 0.15) is 0 Å². The van der Waals surface area contributed by atoms with E-state index in [2.05, 4.69) is 6.92 Å². The summed E-state index contributed by atoms with van der Waals surface area (Å²) < 4.78 is 5.14. The maximum absolute atomic E-state index is 11.0. The first-order chi connectivity index (χ1) is 8.72. The summed E-state index contributed by atoms with van der Waals surface area (Å²) in [7, 11) is 0. The van der Waals surface area contributed by atoms with Crippen LogP contribution in [0.4, 0.5) is 5.69 Å². The zero-order chi connectivity index (χ0) is 13.0. The van der Waals surface area contributed by atoms with Crippen LogP contribution in [0.5, 0.6) is 5.75 Å². The molecule has 0 bridgehead atoms. The minimum Gasteiger partial charge on any atom is -0.487 e. The lowest BCUT2D eigenvalue weighted by Gasteiger charge is -2.06. The summed E-state index contributed by atoms with van der Waals surface area (Å²) in [6, 6.07) is 14.4. The van der Waals surface area contributed by atoms with E-state index >= 15 is 0 Å². The highest BCUT2D eigenvalue weighted by atomic mass is 16.6. The molecule has 0 aromatic heterocycles. The van der Waals surface area contributed by atoms with Crippen LogP contribution in [0.25, 0.3) is 11.1 Å². The molecule has 91 valence electrons. The Hall–Kier alpha value is -2.36. The van der Waals surface area contributed by atoms with Crippen molar-refractivity contribution in [3.8, 4) is 16.9 Å². The van der Waals surface area contributed by atoms with Crippen LogP contribution >= 0.6 is 0 Å². The van der Waals surface area contributed by atoms with Crippen molar-refractivity contribution in [2.24, 2.45) is 0 Å². The third-order valence-electron chi connectivity index (χ3n) is 2.52. The van der Waals surface area contributed by atoms with E-state index in [1.165, 1.54) is 6.07 Å². The number of hydrogen-bond donors (Lipinski definition) is 0. The fraction of sp³-hybridized carbons (Fsp3) is 0.0714. The Kier molecular flexibility index (Phi) is 3.57. The van der Waals surface area contributed by atoms with Gasteiger partial charge in [-0.05, 0) is 24.1 Å². The van der Waals surface area contributed by atoms with Crippen LogP contribution in [0.1, 0.15) is 0 Å². The molecule has 0 saturated heterocycles. The second-order valence-corrected chi connectivity index (χ2v) is 3.65. The predicted molar refractivity (Wildman–Crippen MR) is 69.4 cm³/mol. The van der Waals surface area contributed by atoms with Gasteiger partial charge in [0.2, 0.25) is 0 Å². The molecule has 0 aliphatic rings. The summed E-state index contributed by atoms with van der Waals surface area (Å²) in [5, 5.41) is 11.0. The third-order valence-corrected chi connectivity index (χ3v) is 2.52. The van der Waals surface area contributed by atoms with Crippen molar-refractivity contribution in [2.75, 3.05) is 6.61 Å². The molecule has 0 aliphatic carbocycles. The van der Waals surface area contributed by atoms with Gasteiger partial charge in [-0.25, -0.2) is 0 Å². The van der Waals surface area contributed by atoms with Crippen LogP contribution in [0, 0.1) is 17.0 Å². The van der Waals surface area contributed by atoms with E-state index in [4.69, 9.17) is 4.74 Å². The first-order valence-corrected chi connectivity index (χ1v) is 5.48. The summed E-state index contributed by atoms with van der Waals surface area (Å²) in [5.74, 6) is 0.245. The average Bonchev–Trinajstić information content (AvgIpc) is 2.40. The molecule has 0 heterocycles. The van der Waals surface area contributed by atoms with Gasteiger partial charge in [0.25, 0.3) is 0 Å². The Balaban J connectivity index is 2.46. The average molecular weight is 242 g/mol. The number of nitro groups is 1. The van der Waals surface area contributed by atoms with Crippen molar-refractivity contribution in [1.29, 1.82) is 0 Å². The number of benzene rings is 2. The first kappa shape index (κ1) is 12.1. The van der Waals surface area contributed by atoms with Crippen LogP contribution in [0.15, 0.2) is 48.5 Å². The van der Waals surface area contributed by atoms with E-state index in [1.807, 2.05) is 30.3 Å². The number of nitro benzene ring substituents is 1. The van der Waals surface area contributed by atoms with Crippen LogP contribution in [0.2, 0.25) is 0 Å². The highest BCUT2D eigenvalue weighted by Gasteiger charge is 2.16. The molecule has 4 nitrogen and oxygen atoms in total. The second-order valence-electron chi connectivity index (χ2n) is 3.65. The van der Waals surface area contributed by atoms with Gasteiger partial charge in [-0.3, -0.25) is 10.1 Å². The van der Waals surface area contributed by atoms with Gasteiger partial charge < -0.3 is 4.74 Å². The Morgan fingerprint density at radius 1 is 1.11 bits per heavy atom. The van der Waals surface area contributed by atoms with Crippen molar-refractivity contribution >= 4 is 5.69 Å². The zero-order valence-electron chi connectivity index (χ0n) is 9.70. The second kappa shape index (κ2) is 5.31. The Labute approximate surface area is 105 Å². The van der Waals surface area contributed by atoms with Gasteiger partial charge in [-0.15, -0.1) is 0 Å². The smallest absolute Gasteiger partial charge is 0.311 e. The van der Waals surface area contributed by atoms with Gasteiger partial charge in [-0.2, -0.15) is 0 Å². The van der Waals surface area contributed by atoms with Crippen molar-refractivity contribution in [1.82, 2.24) is 0 Å². The molecule has 18 heavy (non-hydrogen) atoms. The van der Waals surface area contributed by atoms with Crippen LogP contribution in [-0.4, -0.2) is 11.5 Å². The van der Waals surface area contributed by atoms with E-state index in [0.29, 0.717) is 0 Å². The number of ether oxygens (including phenoxy) is 1. The van der Waals surface area contributed by atoms with Crippen LogP contribution in [0.3, 0.4) is 0 Å². The molecular weight excluding hydrogens is 230 g/mol. The summed E-state index contributed by atoms with van der Waals surface area (Å²) in [6.07, 6.45) is 0. The molecule has 0 amide bonds. The molecule has 2 aromatic rings. The fourth-order valence-corrected chi connectivity index (χ4v) is 1.70. The minimum atomic E-state index is -0.447. The summed E-state index contributed by atoms with van der Waals surface area (Å²) in [6.45, 7) is 3.68. The van der Waals surface area contributed by atoms with E-state index in [0.717, 1.165) is 11.1 Å². The molecule has 0 unspecified atom stereocenters. The van der Waals surface area contributed by atoms with Gasteiger partial charge in [0.15, 0.2) is 5.75 Å². The lowest BCUT2D eigenvalue weighted by molar-refractivity contribution is -0.385. The molecule has 1 radical (unpaired) electrons. The standard InChI is InChI=1S/C14H12NO3/c1-2-18-14-9-8-12(10-13(14)15(16)17)11-6-4-3-5-7-11/h3-10H,1-2H2. The highest BCUT2D eigenvalue weighted by molar-refractivity contribution is 5.68. The normalized spacial score (nSPS) is 10.1. The number of hydrogen-bond acceptors (Lipinski definition) is 3. The van der Waals surface area contributed by atoms with Crippen molar-refractivity contribution in [2.45, 2.75) is 0 Å². The highest BCUT2D eigenvalue weighted by Crippen LogP contribution is 2.32. The van der Waals surface area contributed by atoms with Gasteiger partial charge in [0.05, 0.1) is 11.5 Å². The molecule has 0 spiro atoms. The largest absolute Gasteiger partial charge is 0.487 e. The molecule has 0 saturated carbocycles. The van der Waals surface area contributed by atoms with E-state index in [-0.39, 0.29) is 18.0 Å². The van der Waals surface area contributed by atoms with Gasteiger partial charge >= 0.3 is 5.69 Å². The quantitative estimate of drug-likeness (QED) is 0.609. The molecule has 0 N–H and O–H groups in total. The molecule has 0 atom stereocenters. The maximum Gasteiger partial charge on any atom is 0.311 e. The Morgan fingerprint density at radius 2 is 1.83 bits per heavy atom. The lowest BCUT2D eigenvalue weighted by atomic mass is 10.1. The molecule has 0 fully saturated rings. The monoisotopic (exact) mass is 242 g/mol. The van der Waals surface area contributed by atoms with E-state index in [1.54, 1.807) is 12.1 Å². The van der Waals surface area contributed by atoms with Crippen molar-refractivity contribution in [3.05, 3.63) is 65.6 Å². The van der Waals surface area contributed by atoms with Crippen LogP contribution in [-0.2, 0) is 0 Å². The number of nitrogens with zero attached hydrogens (tertiary/aromatic N) is 1. The molecular formula is C14H12NO3. The maximum atomic E-state index is 11.0. The molecule has 0 aliphatic heterocycles. The topological polar surface area (TPSA) is 52.4 Å². The van der Waals surface area contributed by atoms with Crippen molar-refractivity contribution < 1.29 is 9.66 Å². The minimum absolute atomic E-state index is 0.0417. The summed E-state index contributed by atoms with van der Waals surface area (Å²) in [5.41, 5.74) is 1.68. The van der Waals surface area contributed by atoms with Crippen LogP contribution < -0.4 is 4.74 Å². The van der Waals surface area contributed by atoms with Crippen molar-refractivity contribution in [3.63, 3.8) is 0 Å². The number of rotatable bonds is 4. The fourth-order valence-electron chi connectivity index (χ4n) is 1.70. The molecule has 4 heteroatoms. The Morgan fingerprint density at radius 3 is 2.44 bits per heavy atom. The zero-order valence-corrected chi connectivity index (χ0v) is 9.70. The molecule has 2 aromatic carbocycles. The van der Waals surface area contributed by atoms with E-state index in [9.17, 15) is 10.1 Å².